The van der Waals surface area contributed by atoms with E-state index in [1.54, 1.807) is 25.2 Å². The molecule has 1 atom stereocenters. The first kappa shape index (κ1) is 13.8. The van der Waals surface area contributed by atoms with E-state index in [2.05, 4.69) is 15.6 Å². The van der Waals surface area contributed by atoms with Gasteiger partial charge >= 0.3 is 0 Å². The molecule has 2 rings (SSSR count). The van der Waals surface area contributed by atoms with Crippen LogP contribution in [0.3, 0.4) is 0 Å². The number of hydrogen-bond donors (Lipinski definition) is 2. The molecule has 2 N–H and O–H groups in total. The number of anilines is 1. The summed E-state index contributed by atoms with van der Waals surface area (Å²) >= 11 is 0. The maximum Gasteiger partial charge on any atom is 0.254 e. The number of amides is 1. The molecule has 5 nitrogen and oxygen atoms in total. The Bertz CT molecular complexity index is 410. The number of nitrogens with one attached hydrogen (secondary N) is 2. The number of carbonyl (C=O) groups excluding carboxylic acids is 1. The van der Waals surface area contributed by atoms with Crippen LogP contribution in [-0.4, -0.2) is 49.5 Å². The molecule has 19 heavy (non-hydrogen) atoms. The number of pyridine rings is 1. The Hall–Kier alpha value is -1.62. The fraction of sp³-hybridized carbons (Fsp3) is 0.571. The summed E-state index contributed by atoms with van der Waals surface area (Å²) in [5.41, 5.74) is 0.621. The van der Waals surface area contributed by atoms with Crippen molar-refractivity contribution in [2.75, 3.05) is 39.0 Å². The molecule has 0 aromatic carbocycles. The van der Waals surface area contributed by atoms with Crippen molar-refractivity contribution in [2.45, 2.75) is 12.8 Å². The van der Waals surface area contributed by atoms with Gasteiger partial charge in [0.25, 0.3) is 5.91 Å². The Balaban J connectivity index is 1.79. The minimum absolute atomic E-state index is 0.0175. The highest BCUT2D eigenvalue weighted by molar-refractivity contribution is 5.93. The Kier molecular flexibility index (Phi) is 4.74. The number of aromatic nitrogens is 1. The second-order valence-electron chi connectivity index (χ2n) is 5.21. The summed E-state index contributed by atoms with van der Waals surface area (Å²) in [6, 6.07) is 3.68. The van der Waals surface area contributed by atoms with Gasteiger partial charge in [0, 0.05) is 26.8 Å². The van der Waals surface area contributed by atoms with Crippen LogP contribution in [0.1, 0.15) is 23.2 Å². The average molecular weight is 262 g/mol. The molecule has 2 heterocycles. The highest BCUT2D eigenvalue weighted by atomic mass is 16.2. The maximum atomic E-state index is 11.7. The molecular weight excluding hydrogens is 240 g/mol. The first-order valence-electron chi connectivity index (χ1n) is 6.79. The summed E-state index contributed by atoms with van der Waals surface area (Å²) in [5.74, 6) is 1.60. The van der Waals surface area contributed by atoms with Gasteiger partial charge in [-0.25, -0.2) is 4.98 Å². The van der Waals surface area contributed by atoms with Crippen molar-refractivity contribution in [2.24, 2.45) is 5.92 Å². The third kappa shape index (κ3) is 3.92. The van der Waals surface area contributed by atoms with E-state index in [0.717, 1.165) is 37.8 Å². The highest BCUT2D eigenvalue weighted by Crippen LogP contribution is 2.13. The lowest BCUT2D eigenvalue weighted by molar-refractivity contribution is 0.0827. The molecule has 0 spiro atoms. The van der Waals surface area contributed by atoms with E-state index in [9.17, 15) is 4.79 Å². The third-order valence-electron chi connectivity index (χ3n) is 3.44. The molecule has 104 valence electrons. The molecule has 1 unspecified atom stereocenters. The molecule has 1 aromatic rings. The minimum atomic E-state index is -0.0175. The Morgan fingerprint density at radius 3 is 2.95 bits per heavy atom. The van der Waals surface area contributed by atoms with Crippen molar-refractivity contribution in [3.8, 4) is 0 Å². The molecule has 1 aromatic heterocycles. The smallest absolute Gasteiger partial charge is 0.254 e. The van der Waals surface area contributed by atoms with Gasteiger partial charge in [0.2, 0.25) is 0 Å². The lowest BCUT2D eigenvalue weighted by Gasteiger charge is -2.11. The standard InChI is InChI=1S/C14H22N4O/c1-18(2)14(19)12-3-4-13(17-10-12)16-8-6-11-5-7-15-9-11/h3-4,10-11,15H,5-9H2,1-2H3,(H,16,17). The van der Waals surface area contributed by atoms with Gasteiger partial charge in [-0.1, -0.05) is 0 Å². The van der Waals surface area contributed by atoms with Crippen molar-refractivity contribution in [1.29, 1.82) is 0 Å². The van der Waals surface area contributed by atoms with Gasteiger partial charge in [0.15, 0.2) is 0 Å². The third-order valence-corrected chi connectivity index (χ3v) is 3.44. The van der Waals surface area contributed by atoms with Crippen LogP contribution in [0.25, 0.3) is 0 Å². The first-order valence-corrected chi connectivity index (χ1v) is 6.79. The largest absolute Gasteiger partial charge is 0.370 e. The van der Waals surface area contributed by atoms with E-state index in [4.69, 9.17) is 0 Å². The average Bonchev–Trinajstić information content (AvgIpc) is 2.92. The van der Waals surface area contributed by atoms with Gasteiger partial charge < -0.3 is 15.5 Å². The van der Waals surface area contributed by atoms with E-state index < -0.39 is 0 Å². The quantitative estimate of drug-likeness (QED) is 0.837. The number of nitrogens with zero attached hydrogens (tertiary/aromatic N) is 2. The fourth-order valence-electron chi connectivity index (χ4n) is 2.25. The van der Waals surface area contributed by atoms with E-state index >= 15 is 0 Å². The van der Waals surface area contributed by atoms with Crippen LogP contribution >= 0.6 is 0 Å². The van der Waals surface area contributed by atoms with Gasteiger partial charge in [0.1, 0.15) is 5.82 Å². The molecule has 0 aliphatic carbocycles. The lowest BCUT2D eigenvalue weighted by atomic mass is 10.1. The molecule has 5 heteroatoms. The van der Waals surface area contributed by atoms with E-state index in [1.807, 2.05) is 12.1 Å². The van der Waals surface area contributed by atoms with Crippen LogP contribution in [0, 0.1) is 5.92 Å². The van der Waals surface area contributed by atoms with Gasteiger partial charge in [-0.15, -0.1) is 0 Å². The topological polar surface area (TPSA) is 57.3 Å². The molecule has 1 amide bonds. The van der Waals surface area contributed by atoms with Crippen molar-refractivity contribution in [3.63, 3.8) is 0 Å². The fourth-order valence-corrected chi connectivity index (χ4v) is 2.25. The highest BCUT2D eigenvalue weighted by Gasteiger charge is 2.13. The molecule has 1 fully saturated rings. The predicted molar refractivity (Wildman–Crippen MR) is 76.3 cm³/mol. The second-order valence-corrected chi connectivity index (χ2v) is 5.21. The summed E-state index contributed by atoms with van der Waals surface area (Å²) in [7, 11) is 3.48. The summed E-state index contributed by atoms with van der Waals surface area (Å²) in [5, 5.41) is 6.67. The molecule has 0 radical (unpaired) electrons. The van der Waals surface area contributed by atoms with Crippen LogP contribution < -0.4 is 10.6 Å². The number of rotatable bonds is 5. The predicted octanol–water partition coefficient (Wildman–Crippen LogP) is 1.19. The Morgan fingerprint density at radius 1 is 1.53 bits per heavy atom. The zero-order valence-electron chi connectivity index (χ0n) is 11.6. The van der Waals surface area contributed by atoms with Gasteiger partial charge in [-0.3, -0.25) is 4.79 Å². The van der Waals surface area contributed by atoms with Crippen LogP contribution in [0.15, 0.2) is 18.3 Å². The van der Waals surface area contributed by atoms with Gasteiger partial charge in [-0.05, 0) is 44.0 Å². The zero-order chi connectivity index (χ0) is 13.7. The molecule has 1 saturated heterocycles. The van der Waals surface area contributed by atoms with Gasteiger partial charge in [0.05, 0.1) is 5.56 Å². The lowest BCUT2D eigenvalue weighted by Crippen LogP contribution is -2.21. The van der Waals surface area contributed by atoms with Crippen LogP contribution in [-0.2, 0) is 0 Å². The Labute approximate surface area is 114 Å². The van der Waals surface area contributed by atoms with E-state index in [0.29, 0.717) is 5.56 Å². The SMILES string of the molecule is CN(C)C(=O)c1ccc(NCCC2CCNC2)nc1. The number of hydrogen-bond acceptors (Lipinski definition) is 4. The molecule has 1 aliphatic heterocycles. The second kappa shape index (κ2) is 6.52. The van der Waals surface area contributed by atoms with Crippen LogP contribution in [0.5, 0.6) is 0 Å². The molecule has 0 bridgehead atoms. The zero-order valence-corrected chi connectivity index (χ0v) is 11.6. The van der Waals surface area contributed by atoms with Crippen molar-refractivity contribution >= 4 is 11.7 Å². The monoisotopic (exact) mass is 262 g/mol. The summed E-state index contributed by atoms with van der Waals surface area (Å²) < 4.78 is 0. The molecule has 1 aliphatic rings. The van der Waals surface area contributed by atoms with E-state index in [1.165, 1.54) is 6.42 Å². The summed E-state index contributed by atoms with van der Waals surface area (Å²) in [4.78, 5) is 17.5. The van der Waals surface area contributed by atoms with E-state index in [-0.39, 0.29) is 5.91 Å². The first-order chi connectivity index (χ1) is 9.16. The maximum absolute atomic E-state index is 11.7. The molecular formula is C14H22N4O. The van der Waals surface area contributed by atoms with Crippen molar-refractivity contribution < 1.29 is 4.79 Å². The van der Waals surface area contributed by atoms with Crippen LogP contribution in [0.4, 0.5) is 5.82 Å². The molecule has 0 saturated carbocycles. The number of carbonyl (C=O) groups is 1. The van der Waals surface area contributed by atoms with Crippen molar-refractivity contribution in [3.05, 3.63) is 23.9 Å². The summed E-state index contributed by atoms with van der Waals surface area (Å²) in [6.45, 7) is 3.20. The van der Waals surface area contributed by atoms with Crippen LogP contribution in [0.2, 0.25) is 0 Å². The Morgan fingerprint density at radius 2 is 2.37 bits per heavy atom. The minimum Gasteiger partial charge on any atom is -0.370 e. The summed E-state index contributed by atoms with van der Waals surface area (Å²) in [6.07, 6.45) is 4.06. The normalized spacial score (nSPS) is 18.3. The van der Waals surface area contributed by atoms with Crippen molar-refractivity contribution in [1.82, 2.24) is 15.2 Å². The van der Waals surface area contributed by atoms with Gasteiger partial charge in [-0.2, -0.15) is 0 Å².